The topological polar surface area (TPSA) is 45.6 Å². The Labute approximate surface area is 221 Å². The summed E-state index contributed by atoms with van der Waals surface area (Å²) in [5, 5.41) is 5.41. The third-order valence-electron chi connectivity index (χ3n) is 6.92. The van der Waals surface area contributed by atoms with E-state index < -0.39 is 0 Å². The van der Waals surface area contributed by atoms with Gasteiger partial charge >= 0.3 is 0 Å². The Hall–Kier alpha value is -2.16. The molecule has 0 amide bonds. The molecule has 1 aromatic carbocycles. The van der Waals surface area contributed by atoms with Crippen LogP contribution in [0.3, 0.4) is 0 Å². The van der Waals surface area contributed by atoms with E-state index in [2.05, 4.69) is 50.6 Å². The molecule has 2 atom stereocenters. The minimum atomic E-state index is -0.0582. The first-order valence-corrected chi connectivity index (χ1v) is 13.0. The first-order valence-electron chi connectivity index (χ1n) is 11.9. The SMILES string of the molecule is Cc1cc([C@H]2[C@@H](c3ccccn3)NC(=S)N2CCN2CCOCC2)c(C)n1-c1cccc(Cl)c1Cl. The Kier molecular flexibility index (Phi) is 7.32. The Morgan fingerprint density at radius 3 is 2.63 bits per heavy atom. The van der Waals surface area contributed by atoms with Crippen molar-refractivity contribution in [2.24, 2.45) is 0 Å². The summed E-state index contributed by atoms with van der Waals surface area (Å²) in [5.41, 5.74) is 5.25. The average molecular weight is 531 g/mol. The molecule has 2 aliphatic rings. The van der Waals surface area contributed by atoms with Crippen LogP contribution in [-0.2, 0) is 4.74 Å². The number of pyridine rings is 1. The third-order valence-corrected chi connectivity index (χ3v) is 8.08. The van der Waals surface area contributed by atoms with Crippen LogP contribution in [0.2, 0.25) is 10.0 Å². The van der Waals surface area contributed by atoms with Crippen LogP contribution in [0.15, 0.2) is 48.7 Å². The number of aryl methyl sites for hydroxylation is 1. The minimum absolute atomic E-state index is 0.00338. The summed E-state index contributed by atoms with van der Waals surface area (Å²) in [4.78, 5) is 9.43. The number of nitrogens with zero attached hydrogens (tertiary/aromatic N) is 4. The van der Waals surface area contributed by atoms with Crippen molar-refractivity contribution in [3.63, 3.8) is 0 Å². The van der Waals surface area contributed by atoms with Gasteiger partial charge in [0.1, 0.15) is 0 Å². The molecule has 0 unspecified atom stereocenters. The number of halogens is 2. The molecule has 184 valence electrons. The van der Waals surface area contributed by atoms with Crippen LogP contribution in [0.1, 0.15) is 34.7 Å². The van der Waals surface area contributed by atoms with E-state index in [0.29, 0.717) is 10.0 Å². The van der Waals surface area contributed by atoms with Gasteiger partial charge in [-0.2, -0.15) is 0 Å². The van der Waals surface area contributed by atoms with Crippen molar-refractivity contribution in [2.45, 2.75) is 25.9 Å². The summed E-state index contributed by atoms with van der Waals surface area (Å²) in [5.74, 6) is 0. The summed E-state index contributed by atoms with van der Waals surface area (Å²) < 4.78 is 7.71. The Balaban J connectivity index is 1.55. The molecule has 2 aromatic heterocycles. The zero-order valence-corrected chi connectivity index (χ0v) is 22.2. The second-order valence-electron chi connectivity index (χ2n) is 9.01. The van der Waals surface area contributed by atoms with Crippen molar-refractivity contribution in [1.82, 2.24) is 24.7 Å². The van der Waals surface area contributed by atoms with Crippen molar-refractivity contribution < 1.29 is 4.74 Å². The molecule has 0 radical (unpaired) electrons. The summed E-state index contributed by atoms with van der Waals surface area (Å²) in [7, 11) is 0. The molecule has 35 heavy (non-hydrogen) atoms. The van der Waals surface area contributed by atoms with Crippen LogP contribution in [0.5, 0.6) is 0 Å². The van der Waals surface area contributed by atoms with E-state index in [0.717, 1.165) is 67.3 Å². The van der Waals surface area contributed by atoms with E-state index in [-0.39, 0.29) is 12.1 Å². The molecule has 3 aromatic rings. The van der Waals surface area contributed by atoms with Gasteiger partial charge in [0.25, 0.3) is 0 Å². The number of benzene rings is 1. The number of nitrogens with one attached hydrogen (secondary N) is 1. The lowest BCUT2D eigenvalue weighted by Gasteiger charge is -2.32. The van der Waals surface area contributed by atoms with Crippen LogP contribution in [-0.4, -0.2) is 63.9 Å². The largest absolute Gasteiger partial charge is 0.379 e. The summed E-state index contributed by atoms with van der Waals surface area (Å²) in [6.07, 6.45) is 1.84. The highest BCUT2D eigenvalue weighted by Gasteiger charge is 2.41. The molecule has 2 aliphatic heterocycles. The standard InChI is InChI=1S/C26H29Cl2N5OS/c1-17-16-19(18(2)33(17)22-8-5-6-20(27)23(22)28)25-24(21-7-3-4-9-29-21)30-26(35)32(25)11-10-31-12-14-34-15-13-31/h3-9,16,24-25H,10-15H2,1-2H3,(H,30,35)/t24-,25+/m1/s1. The van der Waals surface area contributed by atoms with Gasteiger partial charge in [-0.25, -0.2) is 0 Å². The highest BCUT2D eigenvalue weighted by molar-refractivity contribution is 7.80. The monoisotopic (exact) mass is 529 g/mol. The molecule has 9 heteroatoms. The summed E-state index contributed by atoms with van der Waals surface area (Å²) in [6, 6.07) is 13.9. The van der Waals surface area contributed by atoms with Gasteiger partial charge in [-0.15, -0.1) is 0 Å². The first kappa shape index (κ1) is 24.5. The molecule has 1 N–H and O–H groups in total. The van der Waals surface area contributed by atoms with Gasteiger partial charge in [-0.1, -0.05) is 35.3 Å². The van der Waals surface area contributed by atoms with Crippen molar-refractivity contribution >= 4 is 40.5 Å². The lowest BCUT2D eigenvalue weighted by Crippen LogP contribution is -2.42. The number of ether oxygens (including phenoxy) is 1. The second kappa shape index (κ2) is 10.4. The van der Waals surface area contributed by atoms with Crippen molar-refractivity contribution in [2.75, 3.05) is 39.4 Å². The van der Waals surface area contributed by atoms with Gasteiger partial charge in [0.15, 0.2) is 5.11 Å². The lowest BCUT2D eigenvalue weighted by atomic mass is 9.96. The molecule has 4 heterocycles. The predicted octanol–water partition coefficient (Wildman–Crippen LogP) is 5.10. The van der Waals surface area contributed by atoms with Crippen LogP contribution < -0.4 is 5.32 Å². The molecular formula is C26H29Cl2N5OS. The maximum absolute atomic E-state index is 6.63. The number of thiocarbonyl (C=S) groups is 1. The van der Waals surface area contributed by atoms with E-state index in [1.807, 2.05) is 36.5 Å². The molecular weight excluding hydrogens is 501 g/mol. The number of aromatic nitrogens is 2. The van der Waals surface area contributed by atoms with Gasteiger partial charge in [0.05, 0.1) is 46.7 Å². The van der Waals surface area contributed by atoms with Gasteiger partial charge < -0.3 is 19.5 Å². The minimum Gasteiger partial charge on any atom is -0.379 e. The lowest BCUT2D eigenvalue weighted by molar-refractivity contribution is 0.0350. The Morgan fingerprint density at radius 2 is 1.89 bits per heavy atom. The number of hydrogen-bond donors (Lipinski definition) is 1. The highest BCUT2D eigenvalue weighted by Crippen LogP contribution is 2.42. The average Bonchev–Trinajstić information content (AvgIpc) is 3.35. The zero-order valence-electron chi connectivity index (χ0n) is 19.9. The molecule has 0 saturated carbocycles. The maximum Gasteiger partial charge on any atom is 0.170 e. The number of rotatable bonds is 6. The molecule has 2 fully saturated rings. The predicted molar refractivity (Wildman–Crippen MR) is 145 cm³/mol. The molecule has 5 rings (SSSR count). The van der Waals surface area contributed by atoms with Crippen molar-refractivity contribution in [3.05, 3.63) is 81.4 Å². The second-order valence-corrected chi connectivity index (χ2v) is 10.2. The Bertz CT molecular complexity index is 1210. The van der Waals surface area contributed by atoms with Gasteiger partial charge in [-0.05, 0) is 62.0 Å². The van der Waals surface area contributed by atoms with Gasteiger partial charge in [0.2, 0.25) is 0 Å². The van der Waals surface area contributed by atoms with Crippen molar-refractivity contribution in [1.29, 1.82) is 0 Å². The number of hydrogen-bond acceptors (Lipinski definition) is 4. The van der Waals surface area contributed by atoms with Gasteiger partial charge in [0, 0.05) is 43.8 Å². The Morgan fingerprint density at radius 1 is 1.09 bits per heavy atom. The van der Waals surface area contributed by atoms with Crippen LogP contribution >= 0.6 is 35.4 Å². The molecule has 6 nitrogen and oxygen atoms in total. The van der Waals surface area contributed by atoms with Crippen LogP contribution in [0, 0.1) is 13.8 Å². The number of morpholine rings is 1. The molecule has 0 bridgehead atoms. The van der Waals surface area contributed by atoms with E-state index in [4.69, 9.17) is 40.2 Å². The fourth-order valence-corrected chi connectivity index (χ4v) is 5.89. The summed E-state index contributed by atoms with van der Waals surface area (Å²) >= 11 is 18.9. The third kappa shape index (κ3) is 4.80. The smallest absolute Gasteiger partial charge is 0.170 e. The van der Waals surface area contributed by atoms with Gasteiger partial charge in [-0.3, -0.25) is 9.88 Å². The summed E-state index contributed by atoms with van der Waals surface area (Å²) in [6.45, 7) is 9.44. The zero-order chi connectivity index (χ0) is 24.5. The van der Waals surface area contributed by atoms with E-state index in [1.165, 1.54) is 5.56 Å². The normalized spacial score (nSPS) is 20.9. The quantitative estimate of drug-likeness (QED) is 0.448. The fourth-order valence-electron chi connectivity index (χ4n) is 5.18. The highest BCUT2D eigenvalue weighted by atomic mass is 35.5. The fraction of sp³-hybridized carbons (Fsp3) is 0.385. The van der Waals surface area contributed by atoms with E-state index >= 15 is 0 Å². The van der Waals surface area contributed by atoms with Crippen LogP contribution in [0.4, 0.5) is 0 Å². The van der Waals surface area contributed by atoms with E-state index in [1.54, 1.807) is 0 Å². The molecule has 0 spiro atoms. The van der Waals surface area contributed by atoms with Crippen molar-refractivity contribution in [3.8, 4) is 5.69 Å². The molecule has 0 aliphatic carbocycles. The molecule has 2 saturated heterocycles. The van der Waals surface area contributed by atoms with Crippen LogP contribution in [0.25, 0.3) is 5.69 Å². The van der Waals surface area contributed by atoms with E-state index in [9.17, 15) is 0 Å². The first-order chi connectivity index (χ1) is 17.0. The maximum atomic E-state index is 6.63.